The molecule has 2 fully saturated rings. The van der Waals surface area contributed by atoms with Crippen LogP contribution in [0.15, 0.2) is 34.8 Å². The zero-order valence-corrected chi connectivity index (χ0v) is 12.2. The summed E-state index contributed by atoms with van der Waals surface area (Å²) in [5.41, 5.74) is 2.72. The van der Waals surface area contributed by atoms with Crippen molar-refractivity contribution in [2.45, 2.75) is 25.0 Å². The van der Waals surface area contributed by atoms with Crippen molar-refractivity contribution in [3.63, 3.8) is 0 Å². The summed E-state index contributed by atoms with van der Waals surface area (Å²) in [5.74, 6) is 0. The highest BCUT2D eigenvalue weighted by Crippen LogP contribution is 2.32. The molecular formula is C16H15BrO2. The van der Waals surface area contributed by atoms with Crippen LogP contribution in [-0.4, -0.2) is 25.4 Å². The van der Waals surface area contributed by atoms with E-state index in [1.165, 1.54) is 26.4 Å². The standard InChI is InChI=1S/C16H15BrO2/c17-15-6-10(5-13-8-18-13)4-11-2-1-3-12(16(11)15)7-14-9-19-14/h1-4,6,13-14H,5,7-9H2. The lowest BCUT2D eigenvalue weighted by atomic mass is 9.98. The van der Waals surface area contributed by atoms with Crippen LogP contribution in [0.5, 0.6) is 0 Å². The lowest BCUT2D eigenvalue weighted by Crippen LogP contribution is -1.97. The first kappa shape index (κ1) is 11.9. The van der Waals surface area contributed by atoms with E-state index in [-0.39, 0.29) is 0 Å². The van der Waals surface area contributed by atoms with Crippen molar-refractivity contribution in [2.75, 3.05) is 13.2 Å². The first-order chi connectivity index (χ1) is 9.29. The molecule has 3 heteroatoms. The minimum Gasteiger partial charge on any atom is -0.373 e. The molecule has 0 radical (unpaired) electrons. The largest absolute Gasteiger partial charge is 0.373 e. The maximum absolute atomic E-state index is 5.35. The molecule has 0 bridgehead atoms. The van der Waals surface area contributed by atoms with E-state index in [0.29, 0.717) is 12.2 Å². The Morgan fingerprint density at radius 2 is 1.79 bits per heavy atom. The van der Waals surface area contributed by atoms with Gasteiger partial charge in [-0.2, -0.15) is 0 Å². The van der Waals surface area contributed by atoms with Crippen LogP contribution < -0.4 is 0 Å². The van der Waals surface area contributed by atoms with E-state index in [1.54, 1.807) is 0 Å². The van der Waals surface area contributed by atoms with Crippen LogP contribution in [0.25, 0.3) is 10.8 Å². The summed E-state index contributed by atoms with van der Waals surface area (Å²) < 4.78 is 11.9. The lowest BCUT2D eigenvalue weighted by Gasteiger charge is -2.10. The third-order valence-corrected chi connectivity index (χ3v) is 4.42. The smallest absolute Gasteiger partial charge is 0.0850 e. The van der Waals surface area contributed by atoms with Crippen LogP contribution in [0.3, 0.4) is 0 Å². The van der Waals surface area contributed by atoms with Crippen LogP contribution in [0.1, 0.15) is 11.1 Å². The molecule has 0 N–H and O–H groups in total. The molecule has 98 valence electrons. The molecule has 2 aromatic carbocycles. The number of epoxide rings is 2. The van der Waals surface area contributed by atoms with Crippen molar-refractivity contribution in [1.82, 2.24) is 0 Å². The van der Waals surface area contributed by atoms with Gasteiger partial charge < -0.3 is 9.47 Å². The first-order valence-electron chi connectivity index (χ1n) is 6.73. The zero-order chi connectivity index (χ0) is 12.8. The Balaban J connectivity index is 1.77. The third kappa shape index (κ3) is 2.55. The van der Waals surface area contributed by atoms with Gasteiger partial charge in [0, 0.05) is 17.3 Å². The zero-order valence-electron chi connectivity index (χ0n) is 10.6. The highest BCUT2D eigenvalue weighted by Gasteiger charge is 2.25. The molecule has 2 nitrogen and oxygen atoms in total. The topological polar surface area (TPSA) is 25.1 Å². The molecule has 19 heavy (non-hydrogen) atoms. The Morgan fingerprint density at radius 1 is 1.05 bits per heavy atom. The van der Waals surface area contributed by atoms with E-state index in [4.69, 9.17) is 9.47 Å². The first-order valence-corrected chi connectivity index (χ1v) is 7.52. The highest BCUT2D eigenvalue weighted by molar-refractivity contribution is 9.10. The van der Waals surface area contributed by atoms with Gasteiger partial charge in [0.15, 0.2) is 0 Å². The van der Waals surface area contributed by atoms with E-state index in [1.807, 2.05) is 0 Å². The van der Waals surface area contributed by atoms with Gasteiger partial charge in [-0.05, 0) is 28.0 Å². The molecule has 0 aromatic heterocycles. The van der Waals surface area contributed by atoms with Gasteiger partial charge in [-0.3, -0.25) is 0 Å². The molecule has 2 saturated heterocycles. The van der Waals surface area contributed by atoms with Crippen molar-refractivity contribution in [2.24, 2.45) is 0 Å². The SMILES string of the molecule is Brc1cc(CC2CO2)cc2cccc(CC3CO3)c12. The fraction of sp³-hybridized carbons (Fsp3) is 0.375. The maximum Gasteiger partial charge on any atom is 0.0850 e. The highest BCUT2D eigenvalue weighted by atomic mass is 79.9. The van der Waals surface area contributed by atoms with Gasteiger partial charge >= 0.3 is 0 Å². The molecule has 2 aliphatic heterocycles. The summed E-state index contributed by atoms with van der Waals surface area (Å²) in [6.07, 6.45) is 2.90. The maximum atomic E-state index is 5.35. The van der Waals surface area contributed by atoms with Crippen LogP contribution >= 0.6 is 15.9 Å². The molecule has 0 saturated carbocycles. The summed E-state index contributed by atoms with van der Waals surface area (Å²) in [4.78, 5) is 0. The fourth-order valence-electron chi connectivity index (χ4n) is 2.68. The molecular weight excluding hydrogens is 304 g/mol. The predicted molar refractivity (Wildman–Crippen MR) is 78.5 cm³/mol. The molecule has 0 amide bonds. The van der Waals surface area contributed by atoms with Gasteiger partial charge in [-0.25, -0.2) is 0 Å². The Kier molecular flexibility index (Phi) is 2.87. The van der Waals surface area contributed by atoms with Gasteiger partial charge in [0.2, 0.25) is 0 Å². The number of halogens is 1. The molecule has 0 spiro atoms. The van der Waals surface area contributed by atoms with Gasteiger partial charge in [-0.15, -0.1) is 0 Å². The van der Waals surface area contributed by atoms with Crippen molar-refractivity contribution in [3.05, 3.63) is 45.9 Å². The Bertz CT molecular complexity index is 630. The van der Waals surface area contributed by atoms with Gasteiger partial charge in [0.1, 0.15) is 0 Å². The number of ether oxygens (including phenoxy) is 2. The van der Waals surface area contributed by atoms with Crippen molar-refractivity contribution in [3.8, 4) is 0 Å². The summed E-state index contributed by atoms with van der Waals surface area (Å²) in [7, 11) is 0. The van der Waals surface area contributed by atoms with Crippen molar-refractivity contribution in [1.29, 1.82) is 0 Å². The normalized spacial score (nSPS) is 24.7. The Morgan fingerprint density at radius 3 is 2.53 bits per heavy atom. The van der Waals surface area contributed by atoms with E-state index in [0.717, 1.165) is 26.1 Å². The van der Waals surface area contributed by atoms with Crippen molar-refractivity contribution >= 4 is 26.7 Å². The van der Waals surface area contributed by atoms with Crippen LogP contribution in [0, 0.1) is 0 Å². The van der Waals surface area contributed by atoms with Gasteiger partial charge in [-0.1, -0.05) is 40.2 Å². The second kappa shape index (κ2) is 4.58. The summed E-state index contributed by atoms with van der Waals surface area (Å²) in [5, 5.41) is 2.64. The number of hydrogen-bond donors (Lipinski definition) is 0. The molecule has 2 aromatic rings. The average molecular weight is 319 g/mol. The molecule has 2 aliphatic rings. The Hall–Kier alpha value is -0.900. The van der Waals surface area contributed by atoms with Gasteiger partial charge in [0.05, 0.1) is 25.4 Å². The number of rotatable bonds is 4. The third-order valence-electron chi connectivity index (χ3n) is 3.79. The molecule has 2 unspecified atom stereocenters. The van der Waals surface area contributed by atoms with E-state index < -0.39 is 0 Å². The molecule has 0 aliphatic carbocycles. The number of hydrogen-bond acceptors (Lipinski definition) is 2. The quantitative estimate of drug-likeness (QED) is 0.806. The average Bonchev–Trinajstić information content (AvgIpc) is 3.25. The summed E-state index contributed by atoms with van der Waals surface area (Å²) >= 11 is 3.74. The summed E-state index contributed by atoms with van der Waals surface area (Å²) in [6, 6.07) is 11.1. The van der Waals surface area contributed by atoms with Crippen LogP contribution in [0.2, 0.25) is 0 Å². The van der Waals surface area contributed by atoms with Crippen molar-refractivity contribution < 1.29 is 9.47 Å². The van der Waals surface area contributed by atoms with E-state index in [9.17, 15) is 0 Å². The number of fused-ring (bicyclic) bond motifs is 1. The number of benzene rings is 2. The molecule has 2 heterocycles. The lowest BCUT2D eigenvalue weighted by molar-refractivity contribution is 0.407. The van der Waals surface area contributed by atoms with E-state index in [2.05, 4.69) is 46.3 Å². The van der Waals surface area contributed by atoms with Crippen LogP contribution in [-0.2, 0) is 22.3 Å². The van der Waals surface area contributed by atoms with E-state index >= 15 is 0 Å². The Labute approximate surface area is 120 Å². The van der Waals surface area contributed by atoms with Gasteiger partial charge in [0.25, 0.3) is 0 Å². The monoisotopic (exact) mass is 318 g/mol. The second-order valence-electron chi connectivity index (χ2n) is 5.41. The fourth-order valence-corrected chi connectivity index (χ4v) is 3.45. The minimum absolute atomic E-state index is 0.428. The minimum atomic E-state index is 0.428. The summed E-state index contributed by atoms with van der Waals surface area (Å²) in [6.45, 7) is 1.82. The second-order valence-corrected chi connectivity index (χ2v) is 6.27. The molecule has 4 rings (SSSR count). The van der Waals surface area contributed by atoms with Crippen LogP contribution in [0.4, 0.5) is 0 Å². The molecule has 2 atom stereocenters. The predicted octanol–water partition coefficient (Wildman–Crippen LogP) is 3.48.